The lowest BCUT2D eigenvalue weighted by atomic mass is 9.86. The molecule has 0 aromatic carbocycles. The van der Waals surface area contributed by atoms with Crippen LogP contribution in [0.2, 0.25) is 0 Å². The molecule has 0 aliphatic carbocycles. The van der Waals surface area contributed by atoms with Gasteiger partial charge in [0.15, 0.2) is 0 Å². The van der Waals surface area contributed by atoms with E-state index in [1.165, 1.54) is 0 Å². The molecular formula is C10H19N3. The number of rotatable bonds is 4. The lowest BCUT2D eigenvalue weighted by Gasteiger charge is -2.25. The zero-order chi connectivity index (χ0) is 9.84. The Morgan fingerprint density at radius 2 is 2.15 bits per heavy atom. The van der Waals surface area contributed by atoms with Gasteiger partial charge in [0.2, 0.25) is 0 Å². The van der Waals surface area contributed by atoms with Gasteiger partial charge in [-0.25, -0.2) is 0 Å². The van der Waals surface area contributed by atoms with Gasteiger partial charge in [-0.2, -0.15) is 0 Å². The maximum absolute atomic E-state index is 6.10. The molecule has 2 atom stereocenters. The molecular weight excluding hydrogens is 162 g/mol. The van der Waals surface area contributed by atoms with Crippen LogP contribution in [0.15, 0.2) is 18.5 Å². The van der Waals surface area contributed by atoms with Gasteiger partial charge in [0.25, 0.3) is 0 Å². The van der Waals surface area contributed by atoms with Gasteiger partial charge in [0.1, 0.15) is 0 Å². The summed E-state index contributed by atoms with van der Waals surface area (Å²) in [7, 11) is 0. The zero-order valence-electron chi connectivity index (χ0n) is 8.33. The van der Waals surface area contributed by atoms with Crippen LogP contribution in [0.3, 0.4) is 0 Å². The van der Waals surface area contributed by atoms with Gasteiger partial charge in [-0.1, -0.05) is 13.8 Å². The van der Waals surface area contributed by atoms with E-state index in [1.807, 2.05) is 18.5 Å². The molecule has 74 valence electrons. The van der Waals surface area contributed by atoms with E-state index < -0.39 is 0 Å². The van der Waals surface area contributed by atoms with E-state index in [1.54, 1.807) is 0 Å². The van der Waals surface area contributed by atoms with Crippen molar-refractivity contribution in [1.29, 1.82) is 0 Å². The Morgan fingerprint density at radius 3 is 2.54 bits per heavy atom. The average molecular weight is 181 g/mol. The van der Waals surface area contributed by atoms with Crippen molar-refractivity contribution in [2.75, 3.05) is 6.54 Å². The van der Waals surface area contributed by atoms with Crippen molar-refractivity contribution >= 4 is 0 Å². The Hall–Kier alpha value is -0.800. The summed E-state index contributed by atoms with van der Waals surface area (Å²) in [6.07, 6.45) is 3.83. The molecule has 0 spiro atoms. The number of H-pyrrole nitrogens is 1. The van der Waals surface area contributed by atoms with Gasteiger partial charge in [0.05, 0.1) is 0 Å². The van der Waals surface area contributed by atoms with Crippen LogP contribution in [0, 0.1) is 11.8 Å². The summed E-state index contributed by atoms with van der Waals surface area (Å²) in [4.78, 5) is 3.01. The monoisotopic (exact) mass is 181 g/mol. The Bertz CT molecular complexity index is 228. The number of aromatic amines is 1. The molecule has 3 nitrogen and oxygen atoms in total. The molecule has 13 heavy (non-hydrogen) atoms. The summed E-state index contributed by atoms with van der Waals surface area (Å²) in [5.41, 5.74) is 12.9. The molecule has 0 bridgehead atoms. The van der Waals surface area contributed by atoms with Crippen LogP contribution in [0.1, 0.15) is 25.5 Å². The fraction of sp³-hybridized carbons (Fsp3) is 0.600. The van der Waals surface area contributed by atoms with Gasteiger partial charge in [-0.05, 0) is 30.0 Å². The topological polar surface area (TPSA) is 67.8 Å². The minimum atomic E-state index is 0.0521. The molecule has 2 unspecified atom stereocenters. The standard InChI is InChI=1S/C10H19N3/c1-7(2)9(5-11)10(12)8-3-4-13-6-8/h3-4,6-7,9-10,13H,5,11-12H2,1-2H3. The minimum Gasteiger partial charge on any atom is -0.367 e. The number of hydrogen-bond acceptors (Lipinski definition) is 2. The zero-order valence-corrected chi connectivity index (χ0v) is 8.33. The molecule has 1 rings (SSSR count). The Balaban J connectivity index is 2.70. The summed E-state index contributed by atoms with van der Waals surface area (Å²) in [5, 5.41) is 0. The molecule has 3 heteroatoms. The lowest BCUT2D eigenvalue weighted by molar-refractivity contribution is 0.331. The van der Waals surface area contributed by atoms with Crippen LogP contribution in [0.25, 0.3) is 0 Å². The van der Waals surface area contributed by atoms with Gasteiger partial charge >= 0.3 is 0 Å². The third-order valence-corrected chi connectivity index (χ3v) is 2.60. The Kier molecular flexibility index (Phi) is 3.51. The molecule has 0 saturated carbocycles. The first-order valence-electron chi connectivity index (χ1n) is 4.75. The van der Waals surface area contributed by atoms with Crippen LogP contribution in [0.5, 0.6) is 0 Å². The third-order valence-electron chi connectivity index (χ3n) is 2.60. The summed E-state index contributed by atoms with van der Waals surface area (Å²) >= 11 is 0. The highest BCUT2D eigenvalue weighted by atomic mass is 14.7. The molecule has 0 radical (unpaired) electrons. The van der Waals surface area contributed by atoms with Crippen LogP contribution in [-0.2, 0) is 0 Å². The highest BCUT2D eigenvalue weighted by molar-refractivity contribution is 5.14. The normalized spacial score (nSPS) is 16.1. The second kappa shape index (κ2) is 4.44. The Labute approximate surface area is 79.5 Å². The second-order valence-corrected chi connectivity index (χ2v) is 3.81. The number of aromatic nitrogens is 1. The van der Waals surface area contributed by atoms with Gasteiger partial charge < -0.3 is 16.5 Å². The highest BCUT2D eigenvalue weighted by Crippen LogP contribution is 2.24. The number of nitrogens with one attached hydrogen (secondary N) is 1. The average Bonchev–Trinajstić information content (AvgIpc) is 2.56. The van der Waals surface area contributed by atoms with Crippen molar-refractivity contribution in [3.05, 3.63) is 24.0 Å². The SMILES string of the molecule is CC(C)C(CN)C(N)c1cc[nH]c1. The molecule has 5 N–H and O–H groups in total. The van der Waals surface area contributed by atoms with Crippen molar-refractivity contribution in [1.82, 2.24) is 4.98 Å². The first kappa shape index (κ1) is 10.3. The summed E-state index contributed by atoms with van der Waals surface area (Å²) in [6, 6.07) is 2.06. The quantitative estimate of drug-likeness (QED) is 0.654. The van der Waals surface area contributed by atoms with Crippen molar-refractivity contribution in [3.8, 4) is 0 Å². The molecule has 0 saturated heterocycles. The molecule has 0 fully saturated rings. The van der Waals surface area contributed by atoms with Crippen molar-refractivity contribution in [3.63, 3.8) is 0 Å². The third kappa shape index (κ3) is 2.32. The number of nitrogens with two attached hydrogens (primary N) is 2. The van der Waals surface area contributed by atoms with Crippen LogP contribution in [-0.4, -0.2) is 11.5 Å². The molecule has 0 amide bonds. The van der Waals surface area contributed by atoms with Gasteiger partial charge in [-0.3, -0.25) is 0 Å². The molecule has 0 aliphatic rings. The smallest absolute Gasteiger partial charge is 0.0353 e. The first-order chi connectivity index (χ1) is 6.16. The van der Waals surface area contributed by atoms with E-state index in [0.29, 0.717) is 18.4 Å². The van der Waals surface area contributed by atoms with E-state index in [0.717, 1.165) is 5.56 Å². The molecule has 1 aromatic heterocycles. The summed E-state index contributed by atoms with van der Waals surface area (Å²) < 4.78 is 0. The van der Waals surface area contributed by atoms with Crippen molar-refractivity contribution in [2.24, 2.45) is 23.3 Å². The highest BCUT2D eigenvalue weighted by Gasteiger charge is 2.21. The summed E-state index contributed by atoms with van der Waals surface area (Å²) in [5.74, 6) is 0.880. The maximum Gasteiger partial charge on any atom is 0.0353 e. The van der Waals surface area contributed by atoms with E-state index in [-0.39, 0.29) is 6.04 Å². The van der Waals surface area contributed by atoms with E-state index in [9.17, 15) is 0 Å². The molecule has 1 heterocycles. The Morgan fingerprint density at radius 1 is 1.46 bits per heavy atom. The van der Waals surface area contributed by atoms with E-state index >= 15 is 0 Å². The van der Waals surface area contributed by atoms with Crippen LogP contribution >= 0.6 is 0 Å². The van der Waals surface area contributed by atoms with E-state index in [4.69, 9.17) is 11.5 Å². The molecule has 0 aliphatic heterocycles. The van der Waals surface area contributed by atoms with Gasteiger partial charge in [0, 0.05) is 18.4 Å². The predicted molar refractivity (Wildman–Crippen MR) is 55.1 cm³/mol. The van der Waals surface area contributed by atoms with Gasteiger partial charge in [-0.15, -0.1) is 0 Å². The largest absolute Gasteiger partial charge is 0.367 e. The van der Waals surface area contributed by atoms with Crippen molar-refractivity contribution in [2.45, 2.75) is 19.9 Å². The van der Waals surface area contributed by atoms with Crippen molar-refractivity contribution < 1.29 is 0 Å². The number of hydrogen-bond donors (Lipinski definition) is 3. The second-order valence-electron chi connectivity index (χ2n) is 3.81. The fourth-order valence-corrected chi connectivity index (χ4v) is 1.62. The maximum atomic E-state index is 6.10. The summed E-state index contributed by atoms with van der Waals surface area (Å²) in [6.45, 7) is 4.96. The van der Waals surface area contributed by atoms with E-state index in [2.05, 4.69) is 18.8 Å². The molecule has 1 aromatic rings. The lowest BCUT2D eigenvalue weighted by Crippen LogP contribution is -2.31. The minimum absolute atomic E-state index is 0.0521. The fourth-order valence-electron chi connectivity index (χ4n) is 1.62. The van der Waals surface area contributed by atoms with Crippen LogP contribution < -0.4 is 11.5 Å². The first-order valence-corrected chi connectivity index (χ1v) is 4.75. The predicted octanol–water partition coefficient (Wildman–Crippen LogP) is 1.25. The van der Waals surface area contributed by atoms with Crippen LogP contribution in [0.4, 0.5) is 0 Å².